The summed E-state index contributed by atoms with van der Waals surface area (Å²) in [6.45, 7) is -0.414. The molecule has 10 heteroatoms. The van der Waals surface area contributed by atoms with Gasteiger partial charge in [-0.2, -0.15) is 4.72 Å². The molecule has 1 aromatic heterocycles. The molecule has 0 aliphatic rings. The molecule has 3 rings (SSSR count). The lowest BCUT2D eigenvalue weighted by Crippen LogP contribution is -2.48. The van der Waals surface area contributed by atoms with Gasteiger partial charge in [0.1, 0.15) is 11.9 Å². The second-order valence-electron chi connectivity index (χ2n) is 7.29. The van der Waals surface area contributed by atoms with Crippen molar-refractivity contribution < 1.29 is 23.1 Å². The van der Waals surface area contributed by atoms with Crippen molar-refractivity contribution in [1.82, 2.24) is 15.0 Å². The van der Waals surface area contributed by atoms with Gasteiger partial charge in [0.25, 0.3) is 5.91 Å². The number of benzene rings is 2. The molecule has 0 fully saturated rings. The number of anilines is 1. The summed E-state index contributed by atoms with van der Waals surface area (Å²) in [5, 5.41) is 11.8. The van der Waals surface area contributed by atoms with Crippen LogP contribution in [-0.4, -0.2) is 43.0 Å². The second kappa shape index (κ2) is 10.7. The van der Waals surface area contributed by atoms with Crippen LogP contribution in [0.25, 0.3) is 0 Å². The third-order valence-electron chi connectivity index (χ3n) is 4.83. The third kappa shape index (κ3) is 6.86. The van der Waals surface area contributed by atoms with E-state index in [2.05, 4.69) is 15.0 Å². The van der Waals surface area contributed by atoms with Gasteiger partial charge in [-0.15, -0.1) is 0 Å². The Morgan fingerprint density at radius 3 is 2.27 bits per heavy atom. The molecule has 9 nitrogen and oxygen atoms in total. The Bertz CT molecular complexity index is 1220. The van der Waals surface area contributed by atoms with Crippen LogP contribution in [0.1, 0.15) is 21.6 Å². The topological polar surface area (TPSA) is 151 Å². The Morgan fingerprint density at radius 2 is 1.64 bits per heavy atom. The van der Waals surface area contributed by atoms with Crippen molar-refractivity contribution in [2.24, 2.45) is 0 Å². The Kier molecular flexibility index (Phi) is 7.75. The van der Waals surface area contributed by atoms with E-state index < -0.39 is 34.5 Å². The molecule has 1 atom stereocenters. The van der Waals surface area contributed by atoms with Crippen LogP contribution in [0.3, 0.4) is 0 Å². The molecule has 1 amide bonds. The zero-order valence-corrected chi connectivity index (χ0v) is 18.5. The normalized spacial score (nSPS) is 12.1. The van der Waals surface area contributed by atoms with Gasteiger partial charge in [-0.05, 0) is 54.8 Å². The molecule has 5 N–H and O–H groups in total. The number of amides is 1. The van der Waals surface area contributed by atoms with Gasteiger partial charge in [-0.3, -0.25) is 9.59 Å². The summed E-state index contributed by atoms with van der Waals surface area (Å²) < 4.78 is 26.9. The summed E-state index contributed by atoms with van der Waals surface area (Å²) in [4.78, 5) is 28.1. The maximum Gasteiger partial charge on any atom is 0.323 e. The van der Waals surface area contributed by atoms with Gasteiger partial charge in [0.15, 0.2) is 0 Å². The molecule has 0 bridgehead atoms. The van der Waals surface area contributed by atoms with Gasteiger partial charge < -0.3 is 16.2 Å². The van der Waals surface area contributed by atoms with E-state index in [1.54, 1.807) is 36.4 Å². The number of nitrogen functional groups attached to an aromatic ring is 1. The van der Waals surface area contributed by atoms with Crippen LogP contribution in [0.2, 0.25) is 0 Å². The Balaban J connectivity index is 1.56. The maximum absolute atomic E-state index is 12.4. The summed E-state index contributed by atoms with van der Waals surface area (Å²) in [6, 6.07) is 18.2. The minimum absolute atomic E-state index is 0.0634. The number of nitrogens with zero attached hydrogens (tertiary/aromatic N) is 1. The van der Waals surface area contributed by atoms with Gasteiger partial charge in [0.2, 0.25) is 10.0 Å². The maximum atomic E-state index is 12.4. The van der Waals surface area contributed by atoms with E-state index in [4.69, 9.17) is 5.73 Å². The molecule has 2 aromatic carbocycles. The summed E-state index contributed by atoms with van der Waals surface area (Å²) in [7, 11) is -4.05. The summed E-state index contributed by atoms with van der Waals surface area (Å²) in [6.07, 6.45) is 1.40. The molecular weight excluding hydrogens is 444 g/mol. The smallest absolute Gasteiger partial charge is 0.323 e. The fourth-order valence-corrected chi connectivity index (χ4v) is 4.27. The van der Waals surface area contributed by atoms with Gasteiger partial charge >= 0.3 is 5.97 Å². The van der Waals surface area contributed by atoms with Gasteiger partial charge in [-0.25, -0.2) is 13.4 Å². The fourth-order valence-electron chi connectivity index (χ4n) is 3.06. The summed E-state index contributed by atoms with van der Waals surface area (Å²) in [5.74, 6) is -1.45. The SMILES string of the molecule is Nc1cccc(CCc2ccc(C(=O)NC[C@@H](NS(=O)(=O)c3ccccc3)C(=O)O)cc2)n1. The lowest BCUT2D eigenvalue weighted by atomic mass is 10.1. The molecule has 0 saturated carbocycles. The zero-order valence-electron chi connectivity index (χ0n) is 17.6. The molecule has 0 radical (unpaired) electrons. The van der Waals surface area contributed by atoms with Crippen molar-refractivity contribution in [2.75, 3.05) is 12.3 Å². The first-order chi connectivity index (χ1) is 15.7. The largest absolute Gasteiger partial charge is 0.480 e. The van der Waals surface area contributed by atoms with E-state index in [0.29, 0.717) is 24.2 Å². The molecule has 0 aliphatic heterocycles. The van der Waals surface area contributed by atoms with Crippen LogP contribution >= 0.6 is 0 Å². The zero-order chi connectivity index (χ0) is 23.8. The van der Waals surface area contributed by atoms with Crippen LogP contribution in [0.15, 0.2) is 77.7 Å². The minimum atomic E-state index is -4.05. The van der Waals surface area contributed by atoms with Crippen molar-refractivity contribution in [1.29, 1.82) is 0 Å². The number of carbonyl (C=O) groups excluding carboxylic acids is 1. The fraction of sp³-hybridized carbons (Fsp3) is 0.174. The van der Waals surface area contributed by atoms with Crippen molar-refractivity contribution in [3.63, 3.8) is 0 Å². The Morgan fingerprint density at radius 1 is 0.939 bits per heavy atom. The Hall–Kier alpha value is -3.76. The van der Waals surface area contributed by atoms with Crippen molar-refractivity contribution in [3.05, 3.63) is 89.6 Å². The first kappa shape index (κ1) is 23.9. The number of hydrogen-bond acceptors (Lipinski definition) is 6. The first-order valence-electron chi connectivity index (χ1n) is 10.1. The van der Waals surface area contributed by atoms with Crippen LogP contribution in [0, 0.1) is 0 Å². The molecule has 1 heterocycles. The van der Waals surface area contributed by atoms with Gasteiger partial charge in [0.05, 0.1) is 4.90 Å². The number of sulfonamides is 1. The lowest BCUT2D eigenvalue weighted by molar-refractivity contribution is -0.138. The average molecular weight is 469 g/mol. The first-order valence-corrected chi connectivity index (χ1v) is 11.6. The van der Waals surface area contributed by atoms with Crippen molar-refractivity contribution >= 4 is 27.7 Å². The number of pyridine rings is 1. The van der Waals surface area contributed by atoms with E-state index in [1.807, 2.05) is 12.1 Å². The number of carboxylic acids is 1. The number of rotatable bonds is 10. The molecule has 0 aliphatic carbocycles. The number of nitrogens with two attached hydrogens (primary N) is 1. The lowest BCUT2D eigenvalue weighted by Gasteiger charge is -2.16. The number of aromatic nitrogens is 1. The molecule has 33 heavy (non-hydrogen) atoms. The standard InChI is InChI=1S/C23H24N4O5S/c24-21-8-4-5-18(26-21)14-11-16-9-12-17(13-10-16)22(28)25-15-20(23(29)30)27-33(31,32)19-6-2-1-3-7-19/h1-10,12-13,20,27H,11,14-15H2,(H2,24,26)(H,25,28)(H,29,30)/t20-/m1/s1. The number of aryl methyl sites for hydroxylation is 2. The van der Waals surface area contributed by atoms with Gasteiger partial charge in [0, 0.05) is 17.8 Å². The summed E-state index contributed by atoms with van der Waals surface area (Å²) >= 11 is 0. The number of nitrogens with one attached hydrogen (secondary N) is 2. The predicted octanol–water partition coefficient (Wildman–Crippen LogP) is 1.61. The molecular formula is C23H24N4O5S. The van der Waals surface area contributed by atoms with Crippen LogP contribution in [0.4, 0.5) is 5.82 Å². The summed E-state index contributed by atoms with van der Waals surface area (Å²) in [5.41, 5.74) is 7.88. The number of aliphatic carboxylic acids is 1. The van der Waals surface area contributed by atoms with Gasteiger partial charge in [-0.1, -0.05) is 36.4 Å². The number of carbonyl (C=O) groups is 2. The highest BCUT2D eigenvalue weighted by Gasteiger charge is 2.26. The monoisotopic (exact) mass is 468 g/mol. The second-order valence-corrected chi connectivity index (χ2v) is 9.00. The van der Waals surface area contributed by atoms with E-state index in [-0.39, 0.29) is 4.90 Å². The quantitative estimate of drug-likeness (QED) is 0.353. The number of hydrogen-bond donors (Lipinski definition) is 4. The van der Waals surface area contributed by atoms with E-state index in [0.717, 1.165) is 11.3 Å². The van der Waals surface area contributed by atoms with E-state index in [1.165, 1.54) is 24.3 Å². The van der Waals surface area contributed by atoms with Crippen LogP contribution < -0.4 is 15.8 Å². The molecule has 172 valence electrons. The molecule has 0 spiro atoms. The third-order valence-corrected chi connectivity index (χ3v) is 6.32. The predicted molar refractivity (Wildman–Crippen MR) is 123 cm³/mol. The van der Waals surface area contributed by atoms with Crippen molar-refractivity contribution in [3.8, 4) is 0 Å². The highest BCUT2D eigenvalue weighted by Crippen LogP contribution is 2.10. The van der Waals surface area contributed by atoms with Crippen LogP contribution in [0.5, 0.6) is 0 Å². The van der Waals surface area contributed by atoms with E-state index >= 15 is 0 Å². The molecule has 0 unspecified atom stereocenters. The van der Waals surface area contributed by atoms with Crippen LogP contribution in [-0.2, 0) is 27.7 Å². The molecule has 3 aromatic rings. The molecule has 0 saturated heterocycles. The highest BCUT2D eigenvalue weighted by atomic mass is 32.2. The average Bonchev–Trinajstić information content (AvgIpc) is 2.81. The minimum Gasteiger partial charge on any atom is -0.480 e. The van der Waals surface area contributed by atoms with E-state index in [9.17, 15) is 23.1 Å². The number of carboxylic acid groups (broad SMARTS) is 1. The highest BCUT2D eigenvalue weighted by molar-refractivity contribution is 7.89. The Labute approximate surface area is 191 Å². The van der Waals surface area contributed by atoms with Crippen molar-refractivity contribution in [2.45, 2.75) is 23.8 Å².